The molecule has 41 heavy (non-hydrogen) atoms. The molecule has 1 aliphatic heterocycles. The molecule has 3 aromatic carbocycles. The number of aromatic hydroxyl groups is 1. The number of phenolic OH excluding ortho intramolecular Hbond substituents is 1. The Kier molecular flexibility index (Phi) is 12.3. The van der Waals surface area contributed by atoms with Gasteiger partial charge in [0, 0.05) is 13.8 Å². The van der Waals surface area contributed by atoms with Gasteiger partial charge in [0.05, 0.1) is 24.4 Å². The standard InChI is InChI=1S/C24H23N2O4P.C7H7.CH3.ClH.Rh/c1-16(27)26-24(19-12-6-8-14-21(19)29)31(18-10-4-3-5-11-18)23(25-26)20-13-7-9-15-22(20)30-17(2)28;1-2-7-4-3-6(1)5-7;;;/h3-15,23-25,29H,1-2H3;1-3,6-7H,5H2;1H3;1H;/q;2*-1;;+3/t23-,24-,31?;;;;/m0..../s1. The zero-order valence-electron chi connectivity index (χ0n) is 23.1. The molecule has 3 aliphatic rings. The number of halogens is 1. The van der Waals surface area contributed by atoms with Gasteiger partial charge in [-0.25, -0.2) is 5.01 Å². The summed E-state index contributed by atoms with van der Waals surface area (Å²) in [5.74, 6) is 0.868. The van der Waals surface area contributed by atoms with Crippen LogP contribution in [0.3, 0.4) is 0 Å². The van der Waals surface area contributed by atoms with Gasteiger partial charge in [0.1, 0.15) is 11.5 Å². The van der Waals surface area contributed by atoms with Gasteiger partial charge in [-0.15, -0.1) is 6.08 Å². The number of amides is 1. The van der Waals surface area contributed by atoms with Gasteiger partial charge >= 0.3 is 33.0 Å². The maximum absolute atomic E-state index is 12.7. The van der Waals surface area contributed by atoms with E-state index >= 15 is 0 Å². The fourth-order valence-corrected chi connectivity index (χ4v) is 8.77. The summed E-state index contributed by atoms with van der Waals surface area (Å²) in [6.07, 6.45) is 11.2. The minimum atomic E-state index is -1.60. The van der Waals surface area contributed by atoms with E-state index in [4.69, 9.17) is 4.74 Å². The van der Waals surface area contributed by atoms with Gasteiger partial charge in [-0.05, 0) is 42.3 Å². The molecule has 1 fully saturated rings. The van der Waals surface area contributed by atoms with E-state index in [1.54, 1.807) is 23.2 Å². The number of carbonyl (C=O) groups is 2. The summed E-state index contributed by atoms with van der Waals surface area (Å²) in [7, 11) is 2.93. The van der Waals surface area contributed by atoms with Gasteiger partial charge in [-0.2, -0.15) is 11.3 Å². The van der Waals surface area contributed by atoms with Crippen molar-refractivity contribution in [2.75, 3.05) is 0 Å². The second kappa shape index (κ2) is 15.4. The van der Waals surface area contributed by atoms with Crippen LogP contribution in [-0.2, 0) is 26.9 Å². The normalized spacial score (nSPS) is 23.0. The predicted molar refractivity (Wildman–Crippen MR) is 162 cm³/mol. The Hall–Kier alpha value is -2.82. The number of carbonyl (C=O) groups excluding carboxylic acids is 2. The van der Waals surface area contributed by atoms with Crippen LogP contribution in [0.5, 0.6) is 11.5 Å². The molecule has 2 aliphatic carbocycles. The number of ether oxygens (including phenoxy) is 1. The molecule has 2 N–H and O–H groups in total. The van der Waals surface area contributed by atoms with Gasteiger partial charge < -0.3 is 23.3 Å². The molecule has 0 saturated carbocycles. The van der Waals surface area contributed by atoms with Crippen LogP contribution in [0.4, 0.5) is 0 Å². The molecule has 2 bridgehead atoms. The van der Waals surface area contributed by atoms with Crippen molar-refractivity contribution < 1.29 is 36.7 Å². The van der Waals surface area contributed by atoms with Crippen LogP contribution in [-0.4, -0.2) is 22.0 Å². The Bertz CT molecular complexity index is 1360. The van der Waals surface area contributed by atoms with E-state index in [1.807, 2.05) is 78.0 Å². The van der Waals surface area contributed by atoms with Crippen LogP contribution in [0.2, 0.25) is 0 Å². The van der Waals surface area contributed by atoms with Gasteiger partial charge in [0.25, 0.3) is 0 Å². The zero-order chi connectivity index (χ0) is 28.6. The molecule has 6 nitrogen and oxygen atoms in total. The third kappa shape index (κ3) is 7.73. The molecule has 216 valence electrons. The SMILES string of the molecule is CC(=O)Oc1ccccc1[C@H]1NN(C(C)=O)[C@H](c2ccccc2O)[PH+]1c1ccccc1.[C-]1=CC2C=CC1C2.[CH3-].[Cl][Rh+2]. The second-order valence-corrected chi connectivity index (χ2v) is 12.2. The van der Waals surface area contributed by atoms with Gasteiger partial charge in [-0.3, -0.25) is 15.7 Å². The third-order valence-electron chi connectivity index (χ3n) is 6.93. The van der Waals surface area contributed by atoms with Crippen LogP contribution in [0, 0.1) is 25.3 Å². The van der Waals surface area contributed by atoms with Crippen LogP contribution < -0.4 is 15.5 Å². The summed E-state index contributed by atoms with van der Waals surface area (Å²) in [6, 6.07) is 24.5. The molecule has 1 amide bonds. The van der Waals surface area contributed by atoms with Crippen LogP contribution in [0.25, 0.3) is 0 Å². The van der Waals surface area contributed by atoms with E-state index in [9.17, 15) is 14.7 Å². The average Bonchev–Trinajstić information content (AvgIpc) is 3.72. The number of fused-ring (bicyclic) bond motifs is 2. The molecule has 3 aromatic rings. The Morgan fingerprint density at radius 1 is 0.976 bits per heavy atom. The topological polar surface area (TPSA) is 78.9 Å². The maximum atomic E-state index is 12.7. The van der Waals surface area contributed by atoms with Crippen molar-refractivity contribution in [2.45, 2.75) is 31.8 Å². The Balaban J connectivity index is 0.000000394. The van der Waals surface area contributed by atoms with Crippen LogP contribution in [0.1, 0.15) is 43.0 Å². The van der Waals surface area contributed by atoms with Crippen molar-refractivity contribution in [1.29, 1.82) is 0 Å². The number of allylic oxidation sites excluding steroid dienone is 4. The molecular weight excluding hydrogens is 646 g/mol. The summed E-state index contributed by atoms with van der Waals surface area (Å²) >= 11 is 2.02. The van der Waals surface area contributed by atoms with Gasteiger partial charge in [-0.1, -0.05) is 55.0 Å². The number of hydrazine groups is 1. The first-order valence-corrected chi connectivity index (χ1v) is 16.6. The summed E-state index contributed by atoms with van der Waals surface area (Å²) in [4.78, 5) is 24.4. The molecule has 0 aromatic heterocycles. The Morgan fingerprint density at radius 3 is 2.12 bits per heavy atom. The summed E-state index contributed by atoms with van der Waals surface area (Å²) < 4.78 is 5.49. The van der Waals surface area contributed by atoms with E-state index in [-0.39, 0.29) is 30.6 Å². The molecule has 0 radical (unpaired) electrons. The molecule has 1 saturated heterocycles. The number of hydrogen-bond acceptors (Lipinski definition) is 5. The first-order chi connectivity index (χ1) is 19.4. The van der Waals surface area contributed by atoms with Gasteiger partial charge in [0.15, 0.2) is 11.6 Å². The van der Waals surface area contributed by atoms with Crippen molar-refractivity contribution in [3.63, 3.8) is 0 Å². The van der Waals surface area contributed by atoms with Crippen molar-refractivity contribution in [1.82, 2.24) is 10.4 Å². The van der Waals surface area contributed by atoms with E-state index in [2.05, 4.69) is 39.4 Å². The number of hydrogen-bond donors (Lipinski definition) is 2. The third-order valence-corrected chi connectivity index (χ3v) is 10.2. The first kappa shape index (κ1) is 32.7. The van der Waals surface area contributed by atoms with Crippen molar-refractivity contribution in [2.24, 2.45) is 11.8 Å². The monoisotopic (exact) mass is 679 g/mol. The number of esters is 1. The summed E-state index contributed by atoms with van der Waals surface area (Å²) in [5.41, 5.74) is 4.87. The van der Waals surface area contributed by atoms with Gasteiger partial charge in [0.2, 0.25) is 5.91 Å². The van der Waals surface area contributed by atoms with Crippen LogP contribution in [0.15, 0.2) is 97.1 Å². The quantitative estimate of drug-likeness (QED) is 0.0811. The molecule has 9 heteroatoms. The van der Waals surface area contributed by atoms with E-state index in [0.29, 0.717) is 17.2 Å². The molecule has 0 spiro atoms. The summed E-state index contributed by atoms with van der Waals surface area (Å²) in [5, 5.41) is 13.3. The second-order valence-electron chi connectivity index (χ2n) is 9.59. The first-order valence-electron chi connectivity index (χ1n) is 12.9. The Morgan fingerprint density at radius 2 is 1.61 bits per heavy atom. The number of nitrogens with zero attached hydrogens (tertiary/aromatic N) is 1. The van der Waals surface area contributed by atoms with Crippen LogP contribution >= 0.6 is 17.6 Å². The number of para-hydroxylation sites is 2. The molecule has 3 unspecified atom stereocenters. The number of phenols is 1. The van der Waals surface area contributed by atoms with Crippen molar-refractivity contribution in [3.05, 3.63) is 122 Å². The van der Waals surface area contributed by atoms with Crippen molar-refractivity contribution in [3.8, 4) is 11.5 Å². The number of nitrogens with one attached hydrogen (secondary N) is 1. The fraction of sp³-hybridized carbons (Fsp3) is 0.219. The van der Waals surface area contributed by atoms with E-state index in [1.165, 1.54) is 20.3 Å². The molecular formula is C32H34ClN2O4PRh+. The molecule has 6 rings (SSSR count). The average molecular weight is 680 g/mol. The van der Waals surface area contributed by atoms with Crippen molar-refractivity contribution >= 4 is 34.8 Å². The molecule has 5 atom stereocenters. The minimum absolute atomic E-state index is 0. The fourth-order valence-electron chi connectivity index (χ4n) is 5.26. The number of benzene rings is 3. The molecule has 1 heterocycles. The predicted octanol–water partition coefficient (Wildman–Crippen LogP) is 6.61. The van der Waals surface area contributed by atoms with E-state index < -0.39 is 13.9 Å². The van der Waals surface area contributed by atoms with E-state index in [0.717, 1.165) is 16.8 Å². The zero-order valence-corrected chi connectivity index (χ0v) is 26.5. The summed E-state index contributed by atoms with van der Waals surface area (Å²) in [6.45, 7) is 2.87. The Labute approximate surface area is 257 Å². The number of rotatable bonds is 4.